The first kappa shape index (κ1) is 16.8. The summed E-state index contributed by atoms with van der Waals surface area (Å²) in [6.45, 7) is 3.33. The summed E-state index contributed by atoms with van der Waals surface area (Å²) >= 11 is 0. The van der Waals surface area contributed by atoms with Crippen LogP contribution < -0.4 is 11.1 Å². The van der Waals surface area contributed by atoms with Gasteiger partial charge in [-0.25, -0.2) is 4.79 Å². The average Bonchev–Trinajstić information content (AvgIpc) is 2.30. The number of rotatable bonds is 6. The third-order valence-electron chi connectivity index (χ3n) is 2.73. The maximum atomic E-state index is 11.7. The van der Waals surface area contributed by atoms with Crippen molar-refractivity contribution in [3.05, 3.63) is 23.8 Å². The minimum absolute atomic E-state index is 0.00237. The highest BCUT2D eigenvalue weighted by molar-refractivity contribution is 5.84. The van der Waals surface area contributed by atoms with E-state index in [0.29, 0.717) is 5.56 Å². The first-order chi connectivity index (χ1) is 9.58. The van der Waals surface area contributed by atoms with Crippen molar-refractivity contribution in [1.82, 2.24) is 5.32 Å². The van der Waals surface area contributed by atoms with E-state index in [0.717, 1.165) is 0 Å². The molecule has 1 rings (SSSR count). The Hall–Kier alpha value is -2.28. The lowest BCUT2D eigenvalue weighted by Crippen LogP contribution is -2.46. The lowest BCUT2D eigenvalue weighted by atomic mass is 10.0. The fourth-order valence-electron chi connectivity index (χ4n) is 1.79. The first-order valence-corrected chi connectivity index (χ1v) is 6.40. The van der Waals surface area contributed by atoms with E-state index in [4.69, 9.17) is 10.8 Å². The van der Waals surface area contributed by atoms with E-state index in [1.54, 1.807) is 13.8 Å². The molecule has 0 radical (unpaired) electrons. The Kier molecular flexibility index (Phi) is 5.15. The molecule has 0 unspecified atom stereocenters. The van der Waals surface area contributed by atoms with Gasteiger partial charge in [-0.15, -0.1) is 0 Å². The minimum atomic E-state index is -1.19. The van der Waals surface area contributed by atoms with Gasteiger partial charge in [-0.1, -0.05) is 6.07 Å². The van der Waals surface area contributed by atoms with E-state index in [-0.39, 0.29) is 24.3 Å². The molecule has 0 saturated carbocycles. The molecule has 0 aliphatic rings. The highest BCUT2D eigenvalue weighted by Crippen LogP contribution is 2.25. The molecule has 1 atom stereocenters. The molecule has 0 saturated heterocycles. The van der Waals surface area contributed by atoms with Crippen LogP contribution in [0, 0.1) is 0 Å². The summed E-state index contributed by atoms with van der Waals surface area (Å²) in [4.78, 5) is 22.9. The Labute approximate surface area is 122 Å². The molecule has 0 bridgehead atoms. The standard InChI is InChI=1S/C14H20N2O5/c1-14(2,15)7-12(19)16-9(13(20)21)5-8-3-4-10(17)11(18)6-8/h3-4,6,9,17-18H,5,7,15H2,1-2H3,(H,16,19)(H,20,21)/t9-/m0/s1. The number of nitrogens with one attached hydrogen (secondary N) is 1. The summed E-state index contributed by atoms with van der Waals surface area (Å²) in [6, 6.07) is 2.85. The Bertz CT molecular complexity index is 537. The van der Waals surface area contributed by atoms with Crippen LogP contribution in [0.25, 0.3) is 0 Å². The number of phenols is 2. The van der Waals surface area contributed by atoms with Gasteiger partial charge in [0.25, 0.3) is 0 Å². The number of benzene rings is 1. The van der Waals surface area contributed by atoms with Crippen molar-refractivity contribution in [2.45, 2.75) is 38.3 Å². The van der Waals surface area contributed by atoms with Crippen molar-refractivity contribution in [2.75, 3.05) is 0 Å². The van der Waals surface area contributed by atoms with Crippen LogP contribution in [0.1, 0.15) is 25.8 Å². The molecule has 0 fully saturated rings. The smallest absolute Gasteiger partial charge is 0.326 e. The zero-order chi connectivity index (χ0) is 16.2. The van der Waals surface area contributed by atoms with Gasteiger partial charge in [-0.3, -0.25) is 4.79 Å². The van der Waals surface area contributed by atoms with Gasteiger partial charge >= 0.3 is 5.97 Å². The third kappa shape index (κ3) is 5.70. The fraction of sp³-hybridized carbons (Fsp3) is 0.429. The van der Waals surface area contributed by atoms with Crippen LogP contribution in [0.15, 0.2) is 18.2 Å². The van der Waals surface area contributed by atoms with Crippen LogP contribution in [-0.4, -0.2) is 38.8 Å². The fourth-order valence-corrected chi connectivity index (χ4v) is 1.79. The SMILES string of the molecule is CC(C)(N)CC(=O)N[C@@H](Cc1ccc(O)c(O)c1)C(=O)O. The van der Waals surface area contributed by atoms with Crippen LogP contribution in [-0.2, 0) is 16.0 Å². The molecule has 1 aromatic rings. The van der Waals surface area contributed by atoms with Crippen molar-refractivity contribution < 1.29 is 24.9 Å². The van der Waals surface area contributed by atoms with Crippen LogP contribution in [0.3, 0.4) is 0 Å². The van der Waals surface area contributed by atoms with Crippen LogP contribution in [0.4, 0.5) is 0 Å². The van der Waals surface area contributed by atoms with Crippen molar-refractivity contribution >= 4 is 11.9 Å². The summed E-state index contributed by atoms with van der Waals surface area (Å²) in [5, 5.41) is 30.1. The van der Waals surface area contributed by atoms with Gasteiger partial charge in [-0.2, -0.15) is 0 Å². The molecule has 0 aliphatic carbocycles. The molecule has 1 aromatic carbocycles. The molecule has 0 aromatic heterocycles. The van der Waals surface area contributed by atoms with Crippen molar-refractivity contribution in [3.8, 4) is 11.5 Å². The second-order valence-electron chi connectivity index (χ2n) is 5.65. The topological polar surface area (TPSA) is 133 Å². The predicted octanol–water partition coefficient (Wildman–Crippen LogP) is 0.337. The normalized spacial score (nSPS) is 12.7. The largest absolute Gasteiger partial charge is 0.504 e. The van der Waals surface area contributed by atoms with Gasteiger partial charge in [0.15, 0.2) is 11.5 Å². The highest BCUT2D eigenvalue weighted by atomic mass is 16.4. The van der Waals surface area contributed by atoms with Gasteiger partial charge in [-0.05, 0) is 31.5 Å². The van der Waals surface area contributed by atoms with Gasteiger partial charge < -0.3 is 26.4 Å². The monoisotopic (exact) mass is 296 g/mol. The number of hydrogen-bond acceptors (Lipinski definition) is 5. The number of hydrogen-bond donors (Lipinski definition) is 5. The number of carbonyl (C=O) groups is 2. The molecular weight excluding hydrogens is 276 g/mol. The summed E-state index contributed by atoms with van der Waals surface area (Å²) in [7, 11) is 0. The maximum absolute atomic E-state index is 11.7. The van der Waals surface area contributed by atoms with E-state index in [1.165, 1.54) is 18.2 Å². The van der Waals surface area contributed by atoms with Crippen LogP contribution in [0.5, 0.6) is 11.5 Å². The van der Waals surface area contributed by atoms with Gasteiger partial charge in [0.05, 0.1) is 0 Å². The molecule has 0 spiro atoms. The number of amides is 1. The number of nitrogens with two attached hydrogens (primary N) is 1. The van der Waals surface area contributed by atoms with E-state index in [9.17, 15) is 19.8 Å². The zero-order valence-corrected chi connectivity index (χ0v) is 12.0. The quantitative estimate of drug-likeness (QED) is 0.481. The molecule has 6 N–H and O–H groups in total. The van der Waals surface area contributed by atoms with Crippen molar-refractivity contribution in [1.29, 1.82) is 0 Å². The summed E-state index contributed by atoms with van der Waals surface area (Å²) in [5.41, 5.74) is 5.45. The van der Waals surface area contributed by atoms with Gasteiger partial charge in [0.1, 0.15) is 6.04 Å². The number of phenolic OH excluding ortho intramolecular Hbond substituents is 2. The number of carboxylic acid groups (broad SMARTS) is 1. The summed E-state index contributed by atoms with van der Waals surface area (Å²) in [6.07, 6.45) is -0.0163. The number of carbonyl (C=O) groups excluding carboxylic acids is 1. The minimum Gasteiger partial charge on any atom is -0.504 e. The average molecular weight is 296 g/mol. The van der Waals surface area contributed by atoms with Crippen LogP contribution in [0.2, 0.25) is 0 Å². The lowest BCUT2D eigenvalue weighted by molar-refractivity contribution is -0.141. The highest BCUT2D eigenvalue weighted by Gasteiger charge is 2.23. The first-order valence-electron chi connectivity index (χ1n) is 6.40. The molecule has 1 amide bonds. The predicted molar refractivity (Wildman–Crippen MR) is 75.9 cm³/mol. The Balaban J connectivity index is 2.76. The number of aliphatic carboxylic acids is 1. The number of aromatic hydroxyl groups is 2. The van der Waals surface area contributed by atoms with Crippen molar-refractivity contribution in [2.24, 2.45) is 5.73 Å². The van der Waals surface area contributed by atoms with E-state index in [1.807, 2.05) is 0 Å². The zero-order valence-electron chi connectivity index (χ0n) is 12.0. The van der Waals surface area contributed by atoms with Gasteiger partial charge in [0.2, 0.25) is 5.91 Å². The second kappa shape index (κ2) is 6.45. The van der Waals surface area contributed by atoms with E-state index < -0.39 is 23.5 Å². The molecule has 116 valence electrons. The summed E-state index contributed by atoms with van der Waals surface area (Å²) < 4.78 is 0. The van der Waals surface area contributed by atoms with Crippen molar-refractivity contribution in [3.63, 3.8) is 0 Å². The van der Waals surface area contributed by atoms with E-state index >= 15 is 0 Å². The Morgan fingerprint density at radius 2 is 1.90 bits per heavy atom. The lowest BCUT2D eigenvalue weighted by Gasteiger charge is -2.20. The second-order valence-corrected chi connectivity index (χ2v) is 5.65. The molecule has 0 aliphatic heterocycles. The molecular formula is C14H20N2O5. The molecule has 7 nitrogen and oxygen atoms in total. The van der Waals surface area contributed by atoms with Gasteiger partial charge in [0, 0.05) is 18.4 Å². The Morgan fingerprint density at radius 1 is 1.29 bits per heavy atom. The maximum Gasteiger partial charge on any atom is 0.326 e. The molecule has 21 heavy (non-hydrogen) atoms. The Morgan fingerprint density at radius 3 is 2.38 bits per heavy atom. The van der Waals surface area contributed by atoms with Crippen LogP contribution >= 0.6 is 0 Å². The molecule has 7 heteroatoms. The van der Waals surface area contributed by atoms with E-state index in [2.05, 4.69) is 5.32 Å². The molecule has 0 heterocycles. The number of carboxylic acids is 1. The summed E-state index contributed by atoms with van der Waals surface area (Å²) in [5.74, 6) is -2.28. The third-order valence-corrected chi connectivity index (χ3v) is 2.73.